The van der Waals surface area contributed by atoms with E-state index in [0.717, 1.165) is 18.8 Å². The van der Waals surface area contributed by atoms with Gasteiger partial charge in [-0.15, -0.1) is 0 Å². The van der Waals surface area contributed by atoms with E-state index in [1.807, 2.05) is 6.07 Å². The highest BCUT2D eigenvalue weighted by Gasteiger charge is 2.22. The maximum atomic E-state index is 13.4. The zero-order valence-corrected chi connectivity index (χ0v) is 9.79. The summed E-state index contributed by atoms with van der Waals surface area (Å²) < 4.78 is 19.1. The van der Waals surface area contributed by atoms with Crippen molar-refractivity contribution in [1.29, 1.82) is 0 Å². The van der Waals surface area contributed by atoms with E-state index >= 15 is 0 Å². The van der Waals surface area contributed by atoms with E-state index in [1.54, 1.807) is 12.1 Å². The van der Waals surface area contributed by atoms with Gasteiger partial charge in [-0.25, -0.2) is 4.39 Å². The molecule has 0 amide bonds. The molecule has 2 unspecified atom stereocenters. The molecule has 0 radical (unpaired) electrons. The highest BCUT2D eigenvalue weighted by molar-refractivity contribution is 5.23. The molecule has 0 heterocycles. The Morgan fingerprint density at radius 3 is 2.88 bits per heavy atom. The molecule has 2 heteroatoms. The van der Waals surface area contributed by atoms with Crippen LogP contribution in [0.3, 0.4) is 0 Å². The number of para-hydroxylation sites is 1. The van der Waals surface area contributed by atoms with Gasteiger partial charge in [0.25, 0.3) is 0 Å². The zero-order valence-electron chi connectivity index (χ0n) is 9.79. The fourth-order valence-electron chi connectivity index (χ4n) is 2.44. The van der Waals surface area contributed by atoms with Crippen molar-refractivity contribution in [3.05, 3.63) is 30.1 Å². The molecule has 88 valence electrons. The average Bonchev–Trinajstić information content (AvgIpc) is 2.32. The first-order chi connectivity index (χ1) is 7.79. The number of hydrogen-bond donors (Lipinski definition) is 0. The third-order valence-electron chi connectivity index (χ3n) is 3.44. The molecule has 0 N–H and O–H groups in total. The van der Waals surface area contributed by atoms with Gasteiger partial charge in [0.2, 0.25) is 0 Å². The molecule has 1 aromatic carbocycles. The Bertz CT molecular complexity index is 337. The molecule has 1 aliphatic carbocycles. The summed E-state index contributed by atoms with van der Waals surface area (Å²) in [6, 6.07) is 6.68. The Labute approximate surface area is 96.6 Å². The summed E-state index contributed by atoms with van der Waals surface area (Å²) in [5.41, 5.74) is 0. The molecule has 0 aliphatic heterocycles. The van der Waals surface area contributed by atoms with Crippen molar-refractivity contribution in [2.45, 2.75) is 45.1 Å². The fourth-order valence-corrected chi connectivity index (χ4v) is 2.44. The van der Waals surface area contributed by atoms with Crippen LogP contribution in [0.15, 0.2) is 24.3 Å². The Kier molecular flexibility index (Phi) is 3.81. The van der Waals surface area contributed by atoms with Gasteiger partial charge in [-0.1, -0.05) is 31.9 Å². The number of rotatable bonds is 3. The summed E-state index contributed by atoms with van der Waals surface area (Å²) in [5.74, 6) is 0.913. The minimum atomic E-state index is -0.249. The molecule has 2 atom stereocenters. The van der Waals surface area contributed by atoms with Gasteiger partial charge >= 0.3 is 0 Å². The van der Waals surface area contributed by atoms with Crippen LogP contribution in [0.25, 0.3) is 0 Å². The van der Waals surface area contributed by atoms with Crippen LogP contribution in [0.5, 0.6) is 5.75 Å². The summed E-state index contributed by atoms with van der Waals surface area (Å²) in [6.07, 6.45) is 6.05. The maximum absolute atomic E-state index is 13.4. The van der Waals surface area contributed by atoms with Crippen molar-refractivity contribution in [1.82, 2.24) is 0 Å². The molecular weight excluding hydrogens is 203 g/mol. The van der Waals surface area contributed by atoms with Gasteiger partial charge in [-0.2, -0.15) is 0 Å². The molecular formula is C14H19FO. The number of halogens is 1. The Hall–Kier alpha value is -1.05. The molecule has 1 fully saturated rings. The van der Waals surface area contributed by atoms with Crippen molar-refractivity contribution in [3.8, 4) is 5.75 Å². The molecule has 1 saturated carbocycles. The molecule has 1 nitrogen and oxygen atoms in total. The minimum Gasteiger partial charge on any atom is -0.487 e. The fraction of sp³-hybridized carbons (Fsp3) is 0.571. The second-order valence-corrected chi connectivity index (χ2v) is 4.61. The van der Waals surface area contributed by atoms with Crippen molar-refractivity contribution in [2.24, 2.45) is 5.92 Å². The molecule has 0 spiro atoms. The van der Waals surface area contributed by atoms with Crippen LogP contribution in [-0.4, -0.2) is 6.10 Å². The average molecular weight is 222 g/mol. The van der Waals surface area contributed by atoms with Crippen LogP contribution < -0.4 is 4.74 Å². The minimum absolute atomic E-state index is 0.204. The number of hydrogen-bond acceptors (Lipinski definition) is 1. The van der Waals surface area contributed by atoms with Crippen molar-refractivity contribution in [3.63, 3.8) is 0 Å². The van der Waals surface area contributed by atoms with E-state index in [2.05, 4.69) is 6.92 Å². The number of benzene rings is 1. The van der Waals surface area contributed by atoms with Crippen LogP contribution in [0.4, 0.5) is 4.39 Å². The van der Waals surface area contributed by atoms with Crippen molar-refractivity contribution in [2.75, 3.05) is 0 Å². The smallest absolute Gasteiger partial charge is 0.165 e. The monoisotopic (exact) mass is 222 g/mol. The topological polar surface area (TPSA) is 9.23 Å². The SMILES string of the molecule is CCC1CCCC(Oc2ccccc2F)C1. The van der Waals surface area contributed by atoms with Crippen LogP contribution in [0.1, 0.15) is 39.0 Å². The second-order valence-electron chi connectivity index (χ2n) is 4.61. The Morgan fingerprint density at radius 2 is 2.12 bits per heavy atom. The standard InChI is InChI=1S/C14H19FO/c1-2-11-6-5-7-12(10-11)16-14-9-4-3-8-13(14)15/h3-4,8-9,11-12H,2,5-7,10H2,1H3. The predicted molar refractivity (Wildman–Crippen MR) is 63.1 cm³/mol. The van der Waals surface area contributed by atoms with Crippen LogP contribution in [0, 0.1) is 11.7 Å². The lowest BCUT2D eigenvalue weighted by Crippen LogP contribution is -2.25. The zero-order chi connectivity index (χ0) is 11.4. The van der Waals surface area contributed by atoms with E-state index in [0.29, 0.717) is 5.75 Å². The summed E-state index contributed by atoms with van der Waals surface area (Å²) in [5, 5.41) is 0. The third-order valence-corrected chi connectivity index (χ3v) is 3.44. The second kappa shape index (κ2) is 5.33. The number of ether oxygens (including phenoxy) is 1. The van der Waals surface area contributed by atoms with Gasteiger partial charge in [-0.05, 0) is 37.3 Å². The quantitative estimate of drug-likeness (QED) is 0.745. The van der Waals surface area contributed by atoms with Crippen molar-refractivity contribution < 1.29 is 9.13 Å². The summed E-state index contributed by atoms with van der Waals surface area (Å²) in [7, 11) is 0. The third kappa shape index (κ3) is 2.75. The Morgan fingerprint density at radius 1 is 1.31 bits per heavy atom. The maximum Gasteiger partial charge on any atom is 0.165 e. The van der Waals surface area contributed by atoms with Gasteiger partial charge in [-0.3, -0.25) is 0 Å². The first-order valence-electron chi connectivity index (χ1n) is 6.20. The largest absolute Gasteiger partial charge is 0.487 e. The Balaban J connectivity index is 1.97. The van der Waals surface area contributed by atoms with Crippen molar-refractivity contribution >= 4 is 0 Å². The van der Waals surface area contributed by atoms with E-state index in [-0.39, 0.29) is 11.9 Å². The van der Waals surface area contributed by atoms with Gasteiger partial charge in [0.1, 0.15) is 0 Å². The summed E-state index contributed by atoms with van der Waals surface area (Å²) in [6.45, 7) is 2.22. The van der Waals surface area contributed by atoms with Gasteiger partial charge in [0, 0.05) is 0 Å². The lowest BCUT2D eigenvalue weighted by atomic mass is 9.85. The van der Waals surface area contributed by atoms with Crippen LogP contribution in [0.2, 0.25) is 0 Å². The predicted octanol–water partition coefficient (Wildman–Crippen LogP) is 4.17. The molecule has 16 heavy (non-hydrogen) atoms. The van der Waals surface area contributed by atoms with Crippen LogP contribution in [-0.2, 0) is 0 Å². The molecule has 2 rings (SSSR count). The van der Waals surface area contributed by atoms with E-state index in [4.69, 9.17) is 4.74 Å². The van der Waals surface area contributed by atoms with E-state index in [1.165, 1.54) is 25.3 Å². The highest BCUT2D eigenvalue weighted by Crippen LogP contribution is 2.30. The molecule has 0 saturated heterocycles. The summed E-state index contributed by atoms with van der Waals surface area (Å²) >= 11 is 0. The van der Waals surface area contributed by atoms with E-state index in [9.17, 15) is 4.39 Å². The lowest BCUT2D eigenvalue weighted by Gasteiger charge is -2.29. The molecule has 0 bridgehead atoms. The molecule has 1 aliphatic rings. The van der Waals surface area contributed by atoms with Crippen LogP contribution >= 0.6 is 0 Å². The molecule has 1 aromatic rings. The normalized spacial score (nSPS) is 25.4. The first-order valence-corrected chi connectivity index (χ1v) is 6.20. The van der Waals surface area contributed by atoms with E-state index < -0.39 is 0 Å². The van der Waals surface area contributed by atoms with Gasteiger partial charge in [0.15, 0.2) is 11.6 Å². The van der Waals surface area contributed by atoms with Gasteiger partial charge < -0.3 is 4.74 Å². The van der Waals surface area contributed by atoms with Gasteiger partial charge in [0.05, 0.1) is 6.10 Å². The summed E-state index contributed by atoms with van der Waals surface area (Å²) in [4.78, 5) is 0. The molecule has 0 aromatic heterocycles. The lowest BCUT2D eigenvalue weighted by molar-refractivity contribution is 0.117. The first kappa shape index (κ1) is 11.4. The highest BCUT2D eigenvalue weighted by atomic mass is 19.1.